The number of carbonyl (C=O) groups is 1. The van der Waals surface area contributed by atoms with E-state index in [2.05, 4.69) is 24.3 Å². The van der Waals surface area contributed by atoms with Gasteiger partial charge in [-0.25, -0.2) is 0 Å². The Labute approximate surface area is 120 Å². The predicted molar refractivity (Wildman–Crippen MR) is 77.6 cm³/mol. The van der Waals surface area contributed by atoms with Crippen LogP contribution < -0.4 is 5.32 Å². The zero-order chi connectivity index (χ0) is 14.8. The lowest BCUT2D eigenvalue weighted by molar-refractivity contribution is 0.0837. The van der Waals surface area contributed by atoms with E-state index >= 15 is 0 Å². The summed E-state index contributed by atoms with van der Waals surface area (Å²) in [5.41, 5.74) is 1.08. The zero-order valence-electron chi connectivity index (χ0n) is 12.6. The second kappa shape index (κ2) is 5.95. The Morgan fingerprint density at radius 2 is 2.15 bits per heavy atom. The fraction of sp³-hybridized carbons (Fsp3) is 0.733. The average Bonchev–Trinajstić information content (AvgIpc) is 2.98. The fourth-order valence-electron chi connectivity index (χ4n) is 2.88. The maximum atomic E-state index is 12.4. The second-order valence-corrected chi connectivity index (χ2v) is 6.32. The summed E-state index contributed by atoms with van der Waals surface area (Å²) in [5.74, 6) is 0.372. The van der Waals surface area contributed by atoms with E-state index in [1.807, 2.05) is 11.6 Å². The van der Waals surface area contributed by atoms with Gasteiger partial charge in [0.25, 0.3) is 5.91 Å². The van der Waals surface area contributed by atoms with E-state index in [0.29, 0.717) is 11.5 Å². The standard InChI is InChI=1S/C15H25N3O2/c1-11(2)9-18-12(3)13(8-16-18)14(20)17-15(10-19)6-4-5-7-15/h8,11,19H,4-7,9-10H2,1-3H3,(H,17,20). The number of aliphatic hydroxyl groups is 1. The molecule has 2 rings (SSSR count). The third kappa shape index (κ3) is 3.03. The van der Waals surface area contributed by atoms with Gasteiger partial charge >= 0.3 is 0 Å². The van der Waals surface area contributed by atoms with E-state index in [1.54, 1.807) is 6.20 Å². The minimum Gasteiger partial charge on any atom is -0.394 e. The van der Waals surface area contributed by atoms with Crippen molar-refractivity contribution in [1.29, 1.82) is 0 Å². The van der Waals surface area contributed by atoms with Gasteiger partial charge in [-0.15, -0.1) is 0 Å². The molecule has 1 aliphatic rings. The first-order valence-corrected chi connectivity index (χ1v) is 7.43. The number of hydrogen-bond acceptors (Lipinski definition) is 3. The first-order valence-electron chi connectivity index (χ1n) is 7.43. The van der Waals surface area contributed by atoms with Crippen molar-refractivity contribution in [3.8, 4) is 0 Å². The molecule has 0 bridgehead atoms. The molecule has 0 atom stereocenters. The summed E-state index contributed by atoms with van der Waals surface area (Å²) in [4.78, 5) is 12.4. The molecule has 1 aromatic heterocycles. The molecule has 1 aliphatic carbocycles. The molecule has 1 amide bonds. The third-order valence-electron chi connectivity index (χ3n) is 4.13. The molecule has 1 aromatic rings. The normalized spacial score (nSPS) is 17.6. The van der Waals surface area contributed by atoms with Gasteiger partial charge in [0.15, 0.2) is 0 Å². The van der Waals surface area contributed by atoms with Crippen LogP contribution in [0.1, 0.15) is 55.6 Å². The molecule has 1 saturated carbocycles. The molecule has 2 N–H and O–H groups in total. The molecule has 1 fully saturated rings. The lowest BCUT2D eigenvalue weighted by Crippen LogP contribution is -2.49. The van der Waals surface area contributed by atoms with Gasteiger partial charge in [0.1, 0.15) is 0 Å². The Balaban J connectivity index is 2.11. The molecular formula is C15H25N3O2. The number of rotatable bonds is 5. The third-order valence-corrected chi connectivity index (χ3v) is 4.13. The molecule has 5 nitrogen and oxygen atoms in total. The van der Waals surface area contributed by atoms with Gasteiger partial charge in [0.2, 0.25) is 0 Å². The number of nitrogens with zero attached hydrogens (tertiary/aromatic N) is 2. The van der Waals surface area contributed by atoms with Crippen LogP contribution in [-0.2, 0) is 6.54 Å². The summed E-state index contributed by atoms with van der Waals surface area (Å²) in [6.45, 7) is 6.99. The van der Waals surface area contributed by atoms with Gasteiger partial charge in [-0.1, -0.05) is 26.7 Å². The van der Waals surface area contributed by atoms with E-state index in [-0.39, 0.29) is 12.5 Å². The van der Waals surface area contributed by atoms with Crippen LogP contribution in [0.15, 0.2) is 6.20 Å². The lowest BCUT2D eigenvalue weighted by Gasteiger charge is -2.27. The van der Waals surface area contributed by atoms with Crippen molar-refractivity contribution in [3.63, 3.8) is 0 Å². The van der Waals surface area contributed by atoms with Crippen LogP contribution in [0.4, 0.5) is 0 Å². The highest BCUT2D eigenvalue weighted by molar-refractivity contribution is 5.95. The lowest BCUT2D eigenvalue weighted by atomic mass is 9.98. The Bertz CT molecular complexity index is 473. The zero-order valence-corrected chi connectivity index (χ0v) is 12.6. The first-order chi connectivity index (χ1) is 9.47. The minimum atomic E-state index is -0.427. The van der Waals surface area contributed by atoms with Crippen molar-refractivity contribution < 1.29 is 9.90 Å². The monoisotopic (exact) mass is 279 g/mol. The number of nitrogens with one attached hydrogen (secondary N) is 1. The highest BCUT2D eigenvalue weighted by Crippen LogP contribution is 2.29. The van der Waals surface area contributed by atoms with Gasteiger partial charge in [-0.05, 0) is 25.7 Å². The van der Waals surface area contributed by atoms with Crippen LogP contribution in [0.2, 0.25) is 0 Å². The summed E-state index contributed by atoms with van der Waals surface area (Å²) >= 11 is 0. The Morgan fingerprint density at radius 3 is 2.70 bits per heavy atom. The fourth-order valence-corrected chi connectivity index (χ4v) is 2.88. The Hall–Kier alpha value is -1.36. The molecule has 0 saturated heterocycles. The van der Waals surface area contributed by atoms with Crippen LogP contribution in [0.5, 0.6) is 0 Å². The maximum absolute atomic E-state index is 12.4. The molecular weight excluding hydrogens is 254 g/mol. The molecule has 0 spiro atoms. The van der Waals surface area contributed by atoms with E-state index in [1.165, 1.54) is 0 Å². The summed E-state index contributed by atoms with van der Waals surface area (Å²) in [7, 11) is 0. The van der Waals surface area contributed by atoms with Crippen LogP contribution in [-0.4, -0.2) is 32.9 Å². The largest absolute Gasteiger partial charge is 0.394 e. The van der Waals surface area contributed by atoms with Crippen LogP contribution in [0.25, 0.3) is 0 Å². The summed E-state index contributed by atoms with van der Waals surface area (Å²) in [6, 6.07) is 0. The van der Waals surface area contributed by atoms with E-state index in [4.69, 9.17) is 0 Å². The number of hydrogen-bond donors (Lipinski definition) is 2. The van der Waals surface area contributed by atoms with Crippen LogP contribution in [0, 0.1) is 12.8 Å². The molecule has 20 heavy (non-hydrogen) atoms. The van der Waals surface area contributed by atoms with Crippen molar-refractivity contribution in [2.45, 2.75) is 58.5 Å². The molecule has 5 heteroatoms. The highest BCUT2D eigenvalue weighted by atomic mass is 16.3. The Kier molecular flexibility index (Phi) is 4.48. The summed E-state index contributed by atoms with van der Waals surface area (Å²) in [6.07, 6.45) is 5.47. The highest BCUT2D eigenvalue weighted by Gasteiger charge is 2.35. The van der Waals surface area contributed by atoms with Crippen LogP contribution >= 0.6 is 0 Å². The number of carbonyl (C=O) groups excluding carboxylic acids is 1. The molecule has 112 valence electrons. The van der Waals surface area contributed by atoms with Crippen molar-refractivity contribution in [3.05, 3.63) is 17.5 Å². The van der Waals surface area contributed by atoms with E-state index in [9.17, 15) is 9.90 Å². The minimum absolute atomic E-state index is 0.0118. The van der Waals surface area contributed by atoms with Gasteiger partial charge in [-0.3, -0.25) is 9.48 Å². The van der Waals surface area contributed by atoms with E-state index in [0.717, 1.165) is 37.9 Å². The van der Waals surface area contributed by atoms with Gasteiger partial charge in [-0.2, -0.15) is 5.10 Å². The maximum Gasteiger partial charge on any atom is 0.255 e. The molecule has 0 unspecified atom stereocenters. The topological polar surface area (TPSA) is 67.2 Å². The second-order valence-electron chi connectivity index (χ2n) is 6.32. The van der Waals surface area contributed by atoms with Crippen molar-refractivity contribution in [2.24, 2.45) is 5.92 Å². The number of aromatic nitrogens is 2. The van der Waals surface area contributed by atoms with Crippen molar-refractivity contribution in [2.75, 3.05) is 6.61 Å². The average molecular weight is 279 g/mol. The summed E-state index contributed by atoms with van der Waals surface area (Å²) in [5, 5.41) is 16.9. The predicted octanol–water partition coefficient (Wildman–Crippen LogP) is 1.88. The molecule has 0 aromatic carbocycles. The molecule has 1 heterocycles. The van der Waals surface area contributed by atoms with Crippen molar-refractivity contribution in [1.82, 2.24) is 15.1 Å². The van der Waals surface area contributed by atoms with Gasteiger partial charge < -0.3 is 10.4 Å². The SMILES string of the molecule is Cc1c(C(=O)NC2(CO)CCCC2)cnn1CC(C)C. The first kappa shape index (κ1) is 15.0. The smallest absolute Gasteiger partial charge is 0.255 e. The summed E-state index contributed by atoms with van der Waals surface area (Å²) < 4.78 is 1.87. The quantitative estimate of drug-likeness (QED) is 0.865. The van der Waals surface area contributed by atoms with Crippen LogP contribution in [0.3, 0.4) is 0 Å². The molecule has 0 aliphatic heterocycles. The van der Waals surface area contributed by atoms with Gasteiger partial charge in [0.05, 0.1) is 23.9 Å². The number of aliphatic hydroxyl groups excluding tert-OH is 1. The van der Waals surface area contributed by atoms with Crippen molar-refractivity contribution >= 4 is 5.91 Å². The molecule has 0 radical (unpaired) electrons. The van der Waals surface area contributed by atoms with E-state index < -0.39 is 5.54 Å². The number of amides is 1. The Morgan fingerprint density at radius 1 is 1.50 bits per heavy atom. The van der Waals surface area contributed by atoms with Gasteiger partial charge in [0, 0.05) is 12.2 Å².